The van der Waals surface area contributed by atoms with Crippen molar-refractivity contribution in [3.63, 3.8) is 0 Å². The fourth-order valence-electron chi connectivity index (χ4n) is 6.25. The van der Waals surface area contributed by atoms with Crippen LogP contribution in [0.15, 0.2) is 60.7 Å². The number of hydrogen-bond acceptors (Lipinski definition) is 2. The van der Waals surface area contributed by atoms with E-state index in [4.69, 9.17) is 4.74 Å². The van der Waals surface area contributed by atoms with E-state index in [9.17, 15) is 4.79 Å². The molecule has 0 aliphatic carbocycles. The topological polar surface area (TPSA) is 26.3 Å². The second-order valence-electron chi connectivity index (χ2n) is 13.2. The Morgan fingerprint density at radius 1 is 0.568 bits per heavy atom. The third-order valence-electron chi connectivity index (χ3n) is 9.27. The minimum absolute atomic E-state index is 0.112. The first-order chi connectivity index (χ1) is 21.6. The quantitative estimate of drug-likeness (QED) is 0.0716. The maximum absolute atomic E-state index is 12.8. The van der Waals surface area contributed by atoms with Gasteiger partial charge in [-0.1, -0.05) is 172 Å². The third kappa shape index (κ3) is 14.0. The van der Waals surface area contributed by atoms with Crippen molar-refractivity contribution in [1.29, 1.82) is 0 Å². The molecule has 2 nitrogen and oxygen atoms in total. The van der Waals surface area contributed by atoms with Gasteiger partial charge in [-0.3, -0.25) is 4.79 Å². The van der Waals surface area contributed by atoms with Crippen molar-refractivity contribution in [3.8, 4) is 5.75 Å². The maximum atomic E-state index is 12.8. The van der Waals surface area contributed by atoms with Gasteiger partial charge in [-0.15, -0.1) is 0 Å². The molecule has 0 N–H and O–H groups in total. The molecule has 0 spiro atoms. The van der Waals surface area contributed by atoms with Crippen LogP contribution in [0.5, 0.6) is 5.75 Å². The Morgan fingerprint density at radius 3 is 1.70 bits per heavy atom. The first-order valence-corrected chi connectivity index (χ1v) is 18.4. The van der Waals surface area contributed by atoms with Crippen LogP contribution in [0.1, 0.15) is 158 Å². The zero-order valence-electron chi connectivity index (χ0n) is 28.5. The Labute approximate surface area is 270 Å². The number of ketones is 1. The number of rotatable bonds is 25. The fourth-order valence-corrected chi connectivity index (χ4v) is 6.25. The van der Waals surface area contributed by atoms with Gasteiger partial charge in [-0.05, 0) is 59.7 Å². The van der Waals surface area contributed by atoms with Gasteiger partial charge >= 0.3 is 0 Å². The molecule has 3 aromatic rings. The molecule has 0 unspecified atom stereocenters. The van der Waals surface area contributed by atoms with Crippen molar-refractivity contribution in [1.82, 2.24) is 0 Å². The molecule has 44 heavy (non-hydrogen) atoms. The minimum Gasteiger partial charge on any atom is -0.494 e. The molecular weight excluding hydrogens is 536 g/mol. The summed E-state index contributed by atoms with van der Waals surface area (Å²) in [6, 6.07) is 21.6. The summed E-state index contributed by atoms with van der Waals surface area (Å²) in [4.78, 5) is 12.8. The lowest BCUT2D eigenvalue weighted by Crippen LogP contribution is -2.11. The van der Waals surface area contributed by atoms with Crippen LogP contribution in [0.2, 0.25) is 0 Å². The van der Waals surface area contributed by atoms with E-state index in [-0.39, 0.29) is 11.7 Å². The molecule has 0 fully saturated rings. The summed E-state index contributed by atoms with van der Waals surface area (Å²) >= 11 is 0. The molecule has 0 bridgehead atoms. The van der Waals surface area contributed by atoms with Crippen molar-refractivity contribution in [2.75, 3.05) is 6.61 Å². The minimum atomic E-state index is 0.112. The number of hydrogen-bond donors (Lipinski definition) is 0. The van der Waals surface area contributed by atoms with Crippen molar-refractivity contribution < 1.29 is 9.53 Å². The van der Waals surface area contributed by atoms with Crippen molar-refractivity contribution in [3.05, 3.63) is 77.4 Å². The predicted molar refractivity (Wildman–Crippen MR) is 191 cm³/mol. The number of carbonyl (C=O) groups excluding carboxylic acids is 1. The number of benzene rings is 3. The summed E-state index contributed by atoms with van der Waals surface area (Å²) in [5.41, 5.74) is 3.49. The lowest BCUT2D eigenvalue weighted by molar-refractivity contribution is 0.0922. The highest BCUT2D eigenvalue weighted by Gasteiger charge is 2.14. The Balaban J connectivity index is 1.30. The van der Waals surface area contributed by atoms with Crippen LogP contribution in [0.25, 0.3) is 10.8 Å². The second kappa shape index (κ2) is 22.0. The second-order valence-corrected chi connectivity index (χ2v) is 13.2. The van der Waals surface area contributed by atoms with Gasteiger partial charge in [-0.2, -0.15) is 0 Å². The van der Waals surface area contributed by atoms with E-state index in [2.05, 4.69) is 69.3 Å². The molecule has 242 valence electrons. The average Bonchev–Trinajstić information content (AvgIpc) is 3.05. The van der Waals surface area contributed by atoms with Gasteiger partial charge in [0.25, 0.3) is 0 Å². The van der Waals surface area contributed by atoms with E-state index in [1.165, 1.54) is 118 Å². The van der Waals surface area contributed by atoms with Crippen molar-refractivity contribution >= 4 is 16.6 Å². The zero-order chi connectivity index (χ0) is 31.2. The highest BCUT2D eigenvalue weighted by atomic mass is 16.5. The molecule has 0 heterocycles. The molecule has 0 aliphatic rings. The number of Topliss-reactive ketones (excluding diaryl/α,β-unsaturated/α-hetero) is 1. The normalized spacial score (nSPS) is 12.1. The molecule has 0 amide bonds. The first kappa shape index (κ1) is 35.9. The van der Waals surface area contributed by atoms with Crippen LogP contribution in [0.4, 0.5) is 0 Å². The third-order valence-corrected chi connectivity index (χ3v) is 9.27. The van der Waals surface area contributed by atoms with E-state index < -0.39 is 0 Å². The average molecular weight is 599 g/mol. The summed E-state index contributed by atoms with van der Waals surface area (Å²) < 4.78 is 6.10. The lowest BCUT2D eigenvalue weighted by atomic mass is 9.93. The summed E-state index contributed by atoms with van der Waals surface area (Å²) in [5, 5.41) is 2.51. The van der Waals surface area contributed by atoms with Crippen LogP contribution in [-0.2, 0) is 12.8 Å². The van der Waals surface area contributed by atoms with Crippen molar-refractivity contribution in [2.45, 2.75) is 149 Å². The molecule has 0 saturated heterocycles. The van der Waals surface area contributed by atoms with Crippen LogP contribution < -0.4 is 4.74 Å². The number of unbranched alkanes of at least 4 members (excludes halogenated alkanes) is 15. The fraction of sp³-hybridized carbons (Fsp3) is 0.595. The molecule has 0 saturated carbocycles. The smallest absolute Gasteiger partial charge is 0.165 e. The summed E-state index contributed by atoms with van der Waals surface area (Å²) in [6.45, 7) is 7.40. The standard InChI is InChI=1S/C42H62O2/c1-4-6-8-10-11-12-13-14-15-16-17-18-20-32-44-41-31-30-39-33-37(26-29-40(39)34-41)23-22-36-24-27-38(28-25-36)42(43)35(3)21-19-9-7-5-2/h24-31,33-35H,4-23,32H2,1-3H3/t35-/m1/s1. The summed E-state index contributed by atoms with van der Waals surface area (Å²) in [5.74, 6) is 1.38. The lowest BCUT2D eigenvalue weighted by Gasteiger charge is -2.11. The highest BCUT2D eigenvalue weighted by molar-refractivity contribution is 5.97. The van der Waals surface area contributed by atoms with Crippen LogP contribution >= 0.6 is 0 Å². The van der Waals surface area contributed by atoms with Gasteiger partial charge in [0.1, 0.15) is 5.75 Å². The van der Waals surface area contributed by atoms with E-state index in [1.54, 1.807) is 0 Å². The van der Waals surface area contributed by atoms with Crippen LogP contribution in [0.3, 0.4) is 0 Å². The maximum Gasteiger partial charge on any atom is 0.165 e. The molecule has 0 aliphatic heterocycles. The van der Waals surface area contributed by atoms with Gasteiger partial charge in [0, 0.05) is 11.5 Å². The monoisotopic (exact) mass is 598 g/mol. The van der Waals surface area contributed by atoms with Gasteiger partial charge in [0.2, 0.25) is 0 Å². The van der Waals surface area contributed by atoms with Gasteiger partial charge < -0.3 is 4.74 Å². The summed E-state index contributed by atoms with van der Waals surface area (Å²) in [6.07, 6.45) is 25.7. The summed E-state index contributed by atoms with van der Waals surface area (Å²) in [7, 11) is 0. The van der Waals surface area contributed by atoms with E-state index in [0.717, 1.165) is 50.0 Å². The van der Waals surface area contributed by atoms with Crippen LogP contribution in [-0.4, -0.2) is 12.4 Å². The van der Waals surface area contributed by atoms with Crippen LogP contribution in [0, 0.1) is 5.92 Å². The molecule has 0 aromatic heterocycles. The molecule has 2 heteroatoms. The Hall–Kier alpha value is -2.61. The van der Waals surface area contributed by atoms with E-state index >= 15 is 0 Å². The van der Waals surface area contributed by atoms with E-state index in [1.807, 2.05) is 12.1 Å². The van der Waals surface area contributed by atoms with Gasteiger partial charge in [0.05, 0.1) is 6.61 Å². The zero-order valence-corrected chi connectivity index (χ0v) is 28.5. The highest BCUT2D eigenvalue weighted by Crippen LogP contribution is 2.24. The molecular formula is C42H62O2. The first-order valence-electron chi connectivity index (χ1n) is 18.4. The number of carbonyl (C=O) groups is 1. The number of ether oxygens (including phenoxy) is 1. The predicted octanol–water partition coefficient (Wildman–Crippen LogP) is 12.9. The number of aryl methyl sites for hydroxylation is 2. The molecule has 0 radical (unpaired) electrons. The Morgan fingerprint density at radius 2 is 1.07 bits per heavy atom. The van der Waals surface area contributed by atoms with Gasteiger partial charge in [0.15, 0.2) is 5.78 Å². The van der Waals surface area contributed by atoms with E-state index in [0.29, 0.717) is 0 Å². The number of fused-ring (bicyclic) bond motifs is 1. The molecule has 3 aromatic carbocycles. The van der Waals surface area contributed by atoms with Gasteiger partial charge in [-0.25, -0.2) is 0 Å². The molecule has 3 rings (SSSR count). The largest absolute Gasteiger partial charge is 0.494 e. The SMILES string of the molecule is CCCCCCCCCCCCCCCOc1ccc2cc(CCc3ccc(C(=O)[C@H](C)CCCCCC)cc3)ccc2c1. The Kier molecular flexibility index (Phi) is 17.9. The van der Waals surface area contributed by atoms with Crippen molar-refractivity contribution in [2.24, 2.45) is 5.92 Å². The molecule has 1 atom stereocenters. The Bertz CT molecular complexity index is 1180.